The molecule has 0 fully saturated rings. The van der Waals surface area contributed by atoms with Gasteiger partial charge in [0.05, 0.1) is 4.90 Å². The third-order valence-electron chi connectivity index (χ3n) is 4.82. The van der Waals surface area contributed by atoms with E-state index in [1.54, 1.807) is 39.0 Å². The van der Waals surface area contributed by atoms with E-state index in [0.717, 1.165) is 5.56 Å². The zero-order valence-electron chi connectivity index (χ0n) is 17.4. The van der Waals surface area contributed by atoms with E-state index in [1.165, 1.54) is 24.3 Å². The zero-order valence-corrected chi connectivity index (χ0v) is 19.0. The third kappa shape index (κ3) is 4.98. The van der Waals surface area contributed by atoms with Crippen molar-refractivity contribution >= 4 is 38.6 Å². The Hall–Kier alpha value is -2.68. The molecule has 0 aliphatic heterocycles. The Balaban J connectivity index is 1.86. The zero-order chi connectivity index (χ0) is 22.9. The summed E-state index contributed by atoms with van der Waals surface area (Å²) in [5.41, 5.74) is 0.981. The first-order valence-electron chi connectivity index (χ1n) is 9.53. The van der Waals surface area contributed by atoms with Crippen LogP contribution in [0.5, 0.6) is 5.75 Å². The number of carbonyl (C=O) groups excluding carboxylic acids is 1. The molecule has 2 aromatic carbocycles. The van der Waals surface area contributed by atoms with E-state index >= 15 is 0 Å². The van der Waals surface area contributed by atoms with Gasteiger partial charge in [-0.1, -0.05) is 43.1 Å². The lowest BCUT2D eigenvalue weighted by molar-refractivity contribution is -0.137. The first kappa shape index (κ1) is 23.0. The molecule has 7 nitrogen and oxygen atoms in total. The molecular weight excluding hydrogens is 442 g/mol. The fraction of sp³-hybridized carbons (Fsp3) is 0.273. The van der Waals surface area contributed by atoms with Crippen molar-refractivity contribution in [2.24, 2.45) is 5.92 Å². The van der Waals surface area contributed by atoms with Crippen LogP contribution in [0, 0.1) is 19.8 Å². The van der Waals surface area contributed by atoms with Crippen LogP contribution >= 0.6 is 11.6 Å². The molecule has 0 bridgehead atoms. The van der Waals surface area contributed by atoms with Crippen LogP contribution in [0.15, 0.2) is 56.6 Å². The van der Waals surface area contributed by atoms with Gasteiger partial charge in [0.15, 0.2) is 0 Å². The number of hydrogen-bond acceptors (Lipinski definition) is 6. The minimum atomic E-state index is -3.93. The normalized spacial score (nSPS) is 12.8. The molecule has 0 saturated carbocycles. The lowest BCUT2D eigenvalue weighted by atomic mass is 10.1. The molecule has 1 N–H and O–H groups in total. The summed E-state index contributed by atoms with van der Waals surface area (Å²) < 4.78 is 38.4. The first-order chi connectivity index (χ1) is 14.5. The van der Waals surface area contributed by atoms with Crippen molar-refractivity contribution in [3.63, 3.8) is 0 Å². The summed E-state index contributed by atoms with van der Waals surface area (Å²) in [5, 5.41) is 0.590. The molecule has 0 radical (unpaired) electrons. The van der Waals surface area contributed by atoms with E-state index in [0.29, 0.717) is 10.9 Å². The second-order valence-electron chi connectivity index (χ2n) is 7.56. The van der Waals surface area contributed by atoms with Crippen molar-refractivity contribution in [2.45, 2.75) is 38.6 Å². The van der Waals surface area contributed by atoms with E-state index in [4.69, 9.17) is 20.8 Å². The smallest absolute Gasteiger partial charge is 0.355 e. The van der Waals surface area contributed by atoms with Gasteiger partial charge in [0.1, 0.15) is 22.4 Å². The summed E-state index contributed by atoms with van der Waals surface area (Å²) in [6, 6.07) is 9.70. The molecule has 31 heavy (non-hydrogen) atoms. The Morgan fingerprint density at radius 3 is 2.35 bits per heavy atom. The van der Waals surface area contributed by atoms with Gasteiger partial charge in [0, 0.05) is 11.5 Å². The number of ether oxygens (including phenoxy) is 1. The van der Waals surface area contributed by atoms with Crippen LogP contribution in [0.2, 0.25) is 5.02 Å². The average molecular weight is 464 g/mol. The molecule has 164 valence electrons. The lowest BCUT2D eigenvalue weighted by Gasteiger charge is -2.21. The predicted molar refractivity (Wildman–Crippen MR) is 118 cm³/mol. The fourth-order valence-corrected chi connectivity index (χ4v) is 4.44. The van der Waals surface area contributed by atoms with Crippen LogP contribution in [0.25, 0.3) is 11.0 Å². The van der Waals surface area contributed by atoms with Gasteiger partial charge in [-0.2, -0.15) is 4.72 Å². The third-order valence-corrected chi connectivity index (χ3v) is 6.72. The molecular formula is C22H22ClNO6S. The van der Waals surface area contributed by atoms with E-state index in [-0.39, 0.29) is 27.2 Å². The van der Waals surface area contributed by atoms with Crippen molar-refractivity contribution in [3.8, 4) is 5.75 Å². The highest BCUT2D eigenvalue weighted by Crippen LogP contribution is 2.26. The molecule has 3 rings (SSSR count). The second kappa shape index (κ2) is 8.82. The Bertz CT molecular complexity index is 1300. The molecule has 0 amide bonds. The molecule has 0 spiro atoms. The van der Waals surface area contributed by atoms with Crippen LogP contribution in [0.3, 0.4) is 0 Å². The van der Waals surface area contributed by atoms with Gasteiger partial charge in [-0.05, 0) is 49.6 Å². The van der Waals surface area contributed by atoms with Crippen LogP contribution in [-0.4, -0.2) is 20.4 Å². The minimum Gasteiger partial charge on any atom is -0.425 e. The molecule has 0 unspecified atom stereocenters. The van der Waals surface area contributed by atoms with Crippen molar-refractivity contribution in [1.29, 1.82) is 0 Å². The van der Waals surface area contributed by atoms with Crippen molar-refractivity contribution in [2.75, 3.05) is 0 Å². The number of nitrogens with one attached hydrogen (secondary N) is 1. The Morgan fingerprint density at radius 2 is 1.74 bits per heavy atom. The van der Waals surface area contributed by atoms with Crippen molar-refractivity contribution in [3.05, 3.63) is 69.0 Å². The molecule has 0 aliphatic carbocycles. The molecule has 1 atom stereocenters. The highest BCUT2D eigenvalue weighted by atomic mass is 35.5. The number of halogens is 1. The summed E-state index contributed by atoms with van der Waals surface area (Å²) in [6.45, 7) is 6.93. The van der Waals surface area contributed by atoms with Gasteiger partial charge in [-0.25, -0.2) is 18.0 Å². The van der Waals surface area contributed by atoms with Crippen LogP contribution in [-0.2, 0) is 14.8 Å². The quantitative estimate of drug-likeness (QED) is 0.337. The topological polar surface area (TPSA) is 103 Å². The molecule has 3 aromatic rings. The molecule has 0 aliphatic rings. The van der Waals surface area contributed by atoms with Gasteiger partial charge < -0.3 is 9.15 Å². The van der Waals surface area contributed by atoms with E-state index in [1.807, 2.05) is 6.92 Å². The minimum absolute atomic E-state index is 0.0115. The fourth-order valence-electron chi connectivity index (χ4n) is 2.97. The van der Waals surface area contributed by atoms with Gasteiger partial charge in [0.25, 0.3) is 0 Å². The Morgan fingerprint density at radius 1 is 1.10 bits per heavy atom. The number of aryl methyl sites for hydroxylation is 2. The standard InChI is InChI=1S/C22H22ClNO6S/c1-12(2)20(24-31(27,28)16-8-5-13(3)6-9-16)22(26)29-15-7-10-17-14(4)19(23)21(25)30-18(17)11-15/h5-12,20,24H,1-4H3/t20-/m1/s1. The van der Waals surface area contributed by atoms with Gasteiger partial charge in [-0.15, -0.1) is 0 Å². The highest BCUT2D eigenvalue weighted by Gasteiger charge is 2.30. The number of sulfonamides is 1. The highest BCUT2D eigenvalue weighted by molar-refractivity contribution is 7.89. The van der Waals surface area contributed by atoms with Gasteiger partial charge >= 0.3 is 11.6 Å². The maximum absolute atomic E-state index is 12.8. The van der Waals surface area contributed by atoms with Crippen LogP contribution in [0.1, 0.15) is 25.0 Å². The number of esters is 1. The van der Waals surface area contributed by atoms with Crippen LogP contribution in [0.4, 0.5) is 0 Å². The van der Waals surface area contributed by atoms with Crippen molar-refractivity contribution in [1.82, 2.24) is 4.72 Å². The summed E-state index contributed by atoms with van der Waals surface area (Å²) in [7, 11) is -3.93. The summed E-state index contributed by atoms with van der Waals surface area (Å²) >= 11 is 5.92. The number of carbonyl (C=O) groups is 1. The number of benzene rings is 2. The maximum Gasteiger partial charge on any atom is 0.355 e. The monoisotopic (exact) mass is 463 g/mol. The molecule has 9 heteroatoms. The number of hydrogen-bond donors (Lipinski definition) is 1. The maximum atomic E-state index is 12.8. The predicted octanol–water partition coefficient (Wildman–Crippen LogP) is 3.97. The van der Waals surface area contributed by atoms with E-state index < -0.39 is 27.7 Å². The van der Waals surface area contributed by atoms with E-state index in [2.05, 4.69) is 4.72 Å². The summed E-state index contributed by atoms with van der Waals surface area (Å²) in [5.74, 6) is -1.05. The van der Waals surface area contributed by atoms with Crippen molar-refractivity contribution < 1.29 is 22.4 Å². The number of rotatable bonds is 6. The largest absolute Gasteiger partial charge is 0.425 e. The van der Waals surface area contributed by atoms with Gasteiger partial charge in [0.2, 0.25) is 10.0 Å². The first-order valence-corrected chi connectivity index (χ1v) is 11.4. The number of fused-ring (bicyclic) bond motifs is 1. The van der Waals surface area contributed by atoms with Crippen LogP contribution < -0.4 is 15.1 Å². The molecule has 1 heterocycles. The Labute approximate surface area is 185 Å². The molecule has 1 aromatic heterocycles. The summed E-state index contributed by atoms with van der Waals surface area (Å²) in [6.07, 6.45) is 0. The Kier molecular flexibility index (Phi) is 6.54. The molecule has 0 saturated heterocycles. The lowest BCUT2D eigenvalue weighted by Crippen LogP contribution is -2.46. The summed E-state index contributed by atoms with van der Waals surface area (Å²) in [4.78, 5) is 24.6. The second-order valence-corrected chi connectivity index (χ2v) is 9.66. The van der Waals surface area contributed by atoms with Gasteiger partial charge in [-0.3, -0.25) is 0 Å². The SMILES string of the molecule is Cc1ccc(S(=O)(=O)N[C@@H](C(=O)Oc2ccc3c(C)c(Cl)c(=O)oc3c2)C(C)C)cc1. The average Bonchev–Trinajstić information content (AvgIpc) is 2.70. The van der Waals surface area contributed by atoms with E-state index in [9.17, 15) is 18.0 Å².